The first-order valence-electron chi connectivity index (χ1n) is 6.73. The molecule has 0 heterocycles. The van der Waals surface area contributed by atoms with E-state index in [0.717, 1.165) is 0 Å². The van der Waals surface area contributed by atoms with Crippen LogP contribution >= 0.6 is 0 Å². The highest BCUT2D eigenvalue weighted by Gasteiger charge is 2.18. The predicted octanol–water partition coefficient (Wildman–Crippen LogP) is 4.58. The van der Waals surface area contributed by atoms with E-state index in [2.05, 4.69) is 68.2 Å². The zero-order valence-electron chi connectivity index (χ0n) is 11.8. The Bertz CT molecular complexity index is 596. The molecule has 0 aromatic heterocycles. The number of ether oxygens (including phenoxy) is 1. The highest BCUT2D eigenvalue weighted by Crippen LogP contribution is 2.31. The molecule has 0 saturated carbocycles. The summed E-state index contributed by atoms with van der Waals surface area (Å²) < 4.78 is 5.96. The van der Waals surface area contributed by atoms with E-state index in [1.54, 1.807) is 0 Å². The van der Waals surface area contributed by atoms with Crippen LogP contribution in [0, 0.1) is 17.8 Å². The molecule has 0 saturated heterocycles. The minimum Gasteiger partial charge on any atom is -0.361 e. The van der Waals surface area contributed by atoms with E-state index >= 15 is 0 Å². The van der Waals surface area contributed by atoms with Gasteiger partial charge in [-0.25, -0.2) is 0 Å². The van der Waals surface area contributed by atoms with Crippen molar-refractivity contribution in [1.82, 2.24) is 0 Å². The molecule has 1 unspecified atom stereocenters. The molecule has 0 N–H and O–H groups in total. The molecular formula is C18H20O. The van der Waals surface area contributed by atoms with Crippen molar-refractivity contribution in [2.75, 3.05) is 6.61 Å². The molecular weight excluding hydrogens is 232 g/mol. The Morgan fingerprint density at radius 1 is 1.05 bits per heavy atom. The summed E-state index contributed by atoms with van der Waals surface area (Å²) in [7, 11) is 0. The van der Waals surface area contributed by atoms with Crippen LogP contribution in [-0.4, -0.2) is 6.61 Å². The summed E-state index contributed by atoms with van der Waals surface area (Å²) >= 11 is 0. The Kier molecular flexibility index (Phi) is 4.60. The van der Waals surface area contributed by atoms with E-state index in [9.17, 15) is 0 Å². The van der Waals surface area contributed by atoms with Gasteiger partial charge in [-0.15, -0.1) is 5.92 Å². The lowest BCUT2D eigenvalue weighted by atomic mass is 9.94. The SMILES string of the molecule is CC#CCOC(c1cccc2ccccc12)C(C)C. The van der Waals surface area contributed by atoms with Crippen molar-refractivity contribution >= 4 is 10.8 Å². The lowest BCUT2D eigenvalue weighted by Crippen LogP contribution is -2.12. The van der Waals surface area contributed by atoms with Crippen LogP contribution in [0.25, 0.3) is 10.8 Å². The molecule has 0 radical (unpaired) electrons. The van der Waals surface area contributed by atoms with Gasteiger partial charge in [0, 0.05) is 0 Å². The molecule has 2 rings (SSSR count). The number of hydrogen-bond acceptors (Lipinski definition) is 1. The van der Waals surface area contributed by atoms with E-state index in [1.807, 2.05) is 6.92 Å². The zero-order valence-corrected chi connectivity index (χ0v) is 11.8. The van der Waals surface area contributed by atoms with Crippen molar-refractivity contribution < 1.29 is 4.74 Å². The molecule has 0 aliphatic rings. The third kappa shape index (κ3) is 3.16. The van der Waals surface area contributed by atoms with Gasteiger partial charge in [0.25, 0.3) is 0 Å². The van der Waals surface area contributed by atoms with Gasteiger partial charge in [-0.05, 0) is 29.2 Å². The van der Waals surface area contributed by atoms with Gasteiger partial charge in [-0.3, -0.25) is 0 Å². The standard InChI is InChI=1S/C18H20O/c1-4-5-13-19-18(14(2)3)17-12-8-10-15-9-6-7-11-16(15)17/h6-12,14,18H,13H2,1-3H3. The summed E-state index contributed by atoms with van der Waals surface area (Å²) in [5, 5.41) is 2.53. The van der Waals surface area contributed by atoms with Gasteiger partial charge < -0.3 is 4.74 Å². The van der Waals surface area contributed by atoms with E-state index in [4.69, 9.17) is 4.74 Å². The van der Waals surface area contributed by atoms with Crippen LogP contribution in [-0.2, 0) is 4.74 Å². The second kappa shape index (κ2) is 6.41. The topological polar surface area (TPSA) is 9.23 Å². The van der Waals surface area contributed by atoms with Crippen LogP contribution < -0.4 is 0 Å². The largest absolute Gasteiger partial charge is 0.361 e. The third-order valence-electron chi connectivity index (χ3n) is 3.25. The molecule has 0 fully saturated rings. The van der Waals surface area contributed by atoms with Crippen LogP contribution in [0.4, 0.5) is 0 Å². The van der Waals surface area contributed by atoms with Gasteiger partial charge >= 0.3 is 0 Å². The molecule has 0 spiro atoms. The van der Waals surface area contributed by atoms with Crippen LogP contribution in [0.15, 0.2) is 42.5 Å². The van der Waals surface area contributed by atoms with Crippen molar-refractivity contribution in [2.45, 2.75) is 26.9 Å². The van der Waals surface area contributed by atoms with Gasteiger partial charge in [0.2, 0.25) is 0 Å². The van der Waals surface area contributed by atoms with E-state index in [1.165, 1.54) is 16.3 Å². The molecule has 2 aromatic carbocycles. The van der Waals surface area contributed by atoms with Gasteiger partial charge in [-0.2, -0.15) is 0 Å². The Morgan fingerprint density at radius 3 is 2.53 bits per heavy atom. The molecule has 1 nitrogen and oxygen atoms in total. The maximum absolute atomic E-state index is 5.96. The molecule has 98 valence electrons. The van der Waals surface area contributed by atoms with E-state index in [-0.39, 0.29) is 6.10 Å². The second-order valence-electron chi connectivity index (χ2n) is 4.97. The van der Waals surface area contributed by atoms with Gasteiger partial charge in [0.1, 0.15) is 6.61 Å². The molecule has 1 atom stereocenters. The first kappa shape index (κ1) is 13.6. The fourth-order valence-electron chi connectivity index (χ4n) is 2.34. The van der Waals surface area contributed by atoms with Gasteiger partial charge in [0.15, 0.2) is 0 Å². The lowest BCUT2D eigenvalue weighted by molar-refractivity contribution is 0.0437. The van der Waals surface area contributed by atoms with Crippen LogP contribution in [0.2, 0.25) is 0 Å². The Balaban J connectivity index is 2.40. The summed E-state index contributed by atoms with van der Waals surface area (Å²) in [6.45, 7) is 6.70. The molecule has 0 bridgehead atoms. The first-order chi connectivity index (χ1) is 9.24. The minimum atomic E-state index is 0.0898. The second-order valence-corrected chi connectivity index (χ2v) is 4.97. The Labute approximate surface area is 115 Å². The average Bonchev–Trinajstić information content (AvgIpc) is 2.43. The third-order valence-corrected chi connectivity index (χ3v) is 3.25. The highest BCUT2D eigenvalue weighted by atomic mass is 16.5. The number of rotatable bonds is 4. The molecule has 0 aliphatic carbocycles. The summed E-state index contributed by atoms with van der Waals surface area (Å²) in [5.41, 5.74) is 1.26. The fraction of sp³-hybridized carbons (Fsp3) is 0.333. The monoisotopic (exact) mass is 252 g/mol. The van der Waals surface area contributed by atoms with Crippen molar-refractivity contribution in [3.05, 3.63) is 48.0 Å². The summed E-state index contributed by atoms with van der Waals surface area (Å²) in [4.78, 5) is 0. The first-order valence-corrected chi connectivity index (χ1v) is 6.73. The molecule has 0 amide bonds. The Morgan fingerprint density at radius 2 is 1.79 bits per heavy atom. The molecule has 2 aromatic rings. The van der Waals surface area contributed by atoms with E-state index in [0.29, 0.717) is 12.5 Å². The van der Waals surface area contributed by atoms with E-state index < -0.39 is 0 Å². The van der Waals surface area contributed by atoms with Crippen molar-refractivity contribution in [3.63, 3.8) is 0 Å². The lowest BCUT2D eigenvalue weighted by Gasteiger charge is -2.22. The summed E-state index contributed by atoms with van der Waals surface area (Å²) in [5.74, 6) is 6.28. The molecule has 1 heteroatoms. The van der Waals surface area contributed by atoms with Crippen molar-refractivity contribution in [3.8, 4) is 11.8 Å². The van der Waals surface area contributed by atoms with Crippen molar-refractivity contribution in [2.24, 2.45) is 5.92 Å². The van der Waals surface area contributed by atoms with Crippen LogP contribution in [0.3, 0.4) is 0 Å². The molecule has 19 heavy (non-hydrogen) atoms. The van der Waals surface area contributed by atoms with Gasteiger partial charge in [-0.1, -0.05) is 62.2 Å². The van der Waals surface area contributed by atoms with Gasteiger partial charge in [0.05, 0.1) is 6.10 Å². The predicted molar refractivity (Wildman–Crippen MR) is 80.9 cm³/mol. The van der Waals surface area contributed by atoms with Crippen molar-refractivity contribution in [1.29, 1.82) is 0 Å². The smallest absolute Gasteiger partial charge is 0.108 e. The average molecular weight is 252 g/mol. The minimum absolute atomic E-state index is 0.0898. The zero-order chi connectivity index (χ0) is 13.7. The fourth-order valence-corrected chi connectivity index (χ4v) is 2.34. The number of benzene rings is 2. The number of hydrogen-bond donors (Lipinski definition) is 0. The normalized spacial score (nSPS) is 12.2. The maximum Gasteiger partial charge on any atom is 0.108 e. The summed E-state index contributed by atoms with van der Waals surface area (Å²) in [6.07, 6.45) is 0.0898. The highest BCUT2D eigenvalue weighted by molar-refractivity contribution is 5.86. The number of fused-ring (bicyclic) bond motifs is 1. The summed E-state index contributed by atoms with van der Waals surface area (Å²) in [6, 6.07) is 14.8. The van der Waals surface area contributed by atoms with Crippen LogP contribution in [0.5, 0.6) is 0 Å². The van der Waals surface area contributed by atoms with Crippen LogP contribution in [0.1, 0.15) is 32.4 Å². The maximum atomic E-state index is 5.96. The molecule has 0 aliphatic heterocycles. The quantitative estimate of drug-likeness (QED) is 0.724. The Hall–Kier alpha value is -1.78.